The van der Waals surface area contributed by atoms with Gasteiger partial charge in [0, 0.05) is 7.11 Å². The molecule has 0 aromatic heterocycles. The van der Waals surface area contributed by atoms with Gasteiger partial charge in [0.15, 0.2) is 6.29 Å². The van der Waals surface area contributed by atoms with E-state index in [0.717, 1.165) is 0 Å². The molecule has 12 heavy (non-hydrogen) atoms. The molecular weight excluding hydrogens is 164 g/mol. The molecule has 3 N–H and O–H groups in total. The summed E-state index contributed by atoms with van der Waals surface area (Å²) < 4.78 is 9.85. The summed E-state index contributed by atoms with van der Waals surface area (Å²) in [6.07, 6.45) is -3.09. The van der Waals surface area contributed by atoms with Crippen molar-refractivity contribution in [3.8, 4) is 0 Å². The zero-order chi connectivity index (χ0) is 9.35. The first-order valence-electron chi connectivity index (χ1n) is 3.73. The van der Waals surface area contributed by atoms with Crippen molar-refractivity contribution >= 4 is 0 Å². The van der Waals surface area contributed by atoms with Crippen molar-refractivity contribution in [1.82, 2.24) is 0 Å². The number of hydrogen-bond donors (Lipinski definition) is 3. The van der Waals surface area contributed by atoms with Gasteiger partial charge in [0.1, 0.15) is 17.8 Å². The maximum atomic E-state index is 9.40. The molecule has 4 atom stereocenters. The fourth-order valence-corrected chi connectivity index (χ4v) is 1.23. The topological polar surface area (TPSA) is 79.2 Å². The normalized spacial score (nSPS) is 48.2. The molecule has 1 aliphatic rings. The van der Waals surface area contributed by atoms with Crippen LogP contribution in [-0.2, 0) is 9.47 Å². The van der Waals surface area contributed by atoms with Gasteiger partial charge in [0.05, 0.1) is 6.61 Å². The molecule has 0 saturated carbocycles. The molecule has 1 unspecified atom stereocenters. The fourth-order valence-electron chi connectivity index (χ4n) is 1.23. The maximum Gasteiger partial charge on any atom is 0.186 e. The minimum Gasteiger partial charge on any atom is -0.393 e. The number of aliphatic hydroxyl groups is 3. The summed E-state index contributed by atoms with van der Waals surface area (Å²) in [7, 11) is 1.36. The summed E-state index contributed by atoms with van der Waals surface area (Å²) >= 11 is 0. The van der Waals surface area contributed by atoms with E-state index in [1.54, 1.807) is 0 Å². The van der Waals surface area contributed by atoms with Gasteiger partial charge in [-0.3, -0.25) is 0 Å². The van der Waals surface area contributed by atoms with Crippen LogP contribution in [0.1, 0.15) is 6.92 Å². The van der Waals surface area contributed by atoms with E-state index in [-0.39, 0.29) is 6.61 Å². The minimum atomic E-state index is -1.12. The Bertz CT molecular complexity index is 162. The van der Waals surface area contributed by atoms with Crippen molar-refractivity contribution in [2.75, 3.05) is 13.7 Å². The van der Waals surface area contributed by atoms with Crippen LogP contribution in [0.4, 0.5) is 0 Å². The third-order valence-corrected chi connectivity index (χ3v) is 2.16. The molecule has 5 nitrogen and oxygen atoms in total. The predicted molar refractivity (Wildman–Crippen MR) is 39.4 cm³/mol. The third kappa shape index (κ3) is 1.34. The molecule has 1 heterocycles. The smallest absolute Gasteiger partial charge is 0.186 e. The van der Waals surface area contributed by atoms with Gasteiger partial charge in [-0.15, -0.1) is 0 Å². The highest BCUT2D eigenvalue weighted by atomic mass is 16.7. The second-order valence-electron chi connectivity index (χ2n) is 3.13. The first kappa shape index (κ1) is 9.88. The van der Waals surface area contributed by atoms with Crippen LogP contribution in [0.25, 0.3) is 0 Å². The summed E-state index contributed by atoms with van der Waals surface area (Å²) in [6, 6.07) is 0. The van der Waals surface area contributed by atoms with E-state index >= 15 is 0 Å². The molecule has 72 valence electrons. The SMILES string of the molecule is COC1O[C@](C)(CO)[C@@H](O)[C@H]1O. The second-order valence-corrected chi connectivity index (χ2v) is 3.13. The molecule has 1 fully saturated rings. The predicted octanol–water partition coefficient (Wildman–Crippen LogP) is -1.54. The maximum absolute atomic E-state index is 9.40. The van der Waals surface area contributed by atoms with Gasteiger partial charge < -0.3 is 24.8 Å². The van der Waals surface area contributed by atoms with E-state index < -0.39 is 24.1 Å². The first-order chi connectivity index (χ1) is 5.55. The standard InChI is InChI=1S/C7H14O5/c1-7(3-8)5(10)4(9)6(11-2)12-7/h4-6,8-10H,3H2,1-2H3/t4-,5+,6?,7-/m1/s1. The van der Waals surface area contributed by atoms with Crippen LogP contribution in [0.15, 0.2) is 0 Å². The number of hydrogen-bond acceptors (Lipinski definition) is 5. The fraction of sp³-hybridized carbons (Fsp3) is 1.00. The summed E-state index contributed by atoms with van der Waals surface area (Å²) in [4.78, 5) is 0. The Morgan fingerprint density at radius 3 is 2.33 bits per heavy atom. The van der Waals surface area contributed by atoms with Gasteiger partial charge >= 0.3 is 0 Å². The minimum absolute atomic E-state index is 0.356. The Labute approximate surface area is 70.5 Å². The van der Waals surface area contributed by atoms with Gasteiger partial charge in [-0.1, -0.05) is 0 Å². The lowest BCUT2D eigenvalue weighted by Crippen LogP contribution is -2.43. The van der Waals surface area contributed by atoms with Gasteiger partial charge in [-0.05, 0) is 6.92 Å². The average Bonchev–Trinajstić information content (AvgIpc) is 2.31. The zero-order valence-corrected chi connectivity index (χ0v) is 7.10. The van der Waals surface area contributed by atoms with E-state index in [9.17, 15) is 10.2 Å². The summed E-state index contributed by atoms with van der Waals surface area (Å²) in [5.74, 6) is 0. The highest BCUT2D eigenvalue weighted by Crippen LogP contribution is 2.30. The Balaban J connectivity index is 2.72. The van der Waals surface area contributed by atoms with Crippen LogP contribution in [0.5, 0.6) is 0 Å². The molecule has 0 aliphatic carbocycles. The van der Waals surface area contributed by atoms with Crippen LogP contribution < -0.4 is 0 Å². The molecule has 0 radical (unpaired) electrons. The Kier molecular flexibility index (Phi) is 2.70. The number of rotatable bonds is 2. The Morgan fingerprint density at radius 1 is 1.50 bits per heavy atom. The summed E-state index contributed by atoms with van der Waals surface area (Å²) in [5, 5.41) is 27.6. The highest BCUT2D eigenvalue weighted by Gasteiger charge is 2.51. The number of ether oxygens (including phenoxy) is 2. The Hall–Kier alpha value is -0.200. The quantitative estimate of drug-likeness (QED) is 0.477. The molecule has 1 aliphatic heterocycles. The van der Waals surface area contributed by atoms with E-state index in [1.807, 2.05) is 0 Å². The molecule has 0 amide bonds. The zero-order valence-electron chi connectivity index (χ0n) is 7.10. The lowest BCUT2D eigenvalue weighted by molar-refractivity contribution is -0.182. The van der Waals surface area contributed by atoms with Crippen LogP contribution in [-0.4, -0.2) is 53.1 Å². The molecule has 0 spiro atoms. The second kappa shape index (κ2) is 3.27. The number of methoxy groups -OCH3 is 1. The van der Waals surface area contributed by atoms with E-state index in [1.165, 1.54) is 14.0 Å². The molecule has 5 heteroatoms. The summed E-state index contributed by atoms with van der Waals surface area (Å²) in [6.45, 7) is 1.16. The van der Waals surface area contributed by atoms with Gasteiger partial charge in [0.25, 0.3) is 0 Å². The molecule has 0 aromatic rings. The van der Waals surface area contributed by atoms with Crippen LogP contribution in [0.3, 0.4) is 0 Å². The van der Waals surface area contributed by atoms with Crippen molar-refractivity contribution in [2.45, 2.75) is 31.0 Å². The lowest BCUT2D eigenvalue weighted by Gasteiger charge is -2.24. The molecule has 1 rings (SSSR count). The van der Waals surface area contributed by atoms with Crippen molar-refractivity contribution in [3.05, 3.63) is 0 Å². The highest BCUT2D eigenvalue weighted by molar-refractivity contribution is 4.96. The number of aliphatic hydroxyl groups excluding tert-OH is 3. The lowest BCUT2D eigenvalue weighted by atomic mass is 9.99. The van der Waals surface area contributed by atoms with E-state index in [0.29, 0.717) is 0 Å². The monoisotopic (exact) mass is 178 g/mol. The van der Waals surface area contributed by atoms with Crippen LogP contribution in [0.2, 0.25) is 0 Å². The van der Waals surface area contributed by atoms with Crippen molar-refractivity contribution < 1.29 is 24.8 Å². The van der Waals surface area contributed by atoms with Crippen molar-refractivity contribution in [2.24, 2.45) is 0 Å². The van der Waals surface area contributed by atoms with Crippen LogP contribution in [0, 0.1) is 0 Å². The molecule has 0 bridgehead atoms. The third-order valence-electron chi connectivity index (χ3n) is 2.16. The molecule has 0 aromatic carbocycles. The average molecular weight is 178 g/mol. The van der Waals surface area contributed by atoms with Crippen LogP contribution >= 0.6 is 0 Å². The van der Waals surface area contributed by atoms with Gasteiger partial charge in [-0.2, -0.15) is 0 Å². The Morgan fingerprint density at radius 2 is 2.08 bits per heavy atom. The van der Waals surface area contributed by atoms with Crippen molar-refractivity contribution in [3.63, 3.8) is 0 Å². The summed E-state index contributed by atoms with van der Waals surface area (Å²) in [5.41, 5.74) is -1.12. The largest absolute Gasteiger partial charge is 0.393 e. The van der Waals surface area contributed by atoms with E-state index in [4.69, 9.17) is 14.6 Å². The molecular formula is C7H14O5. The first-order valence-corrected chi connectivity index (χ1v) is 3.73. The van der Waals surface area contributed by atoms with Gasteiger partial charge in [-0.25, -0.2) is 0 Å². The van der Waals surface area contributed by atoms with Crippen molar-refractivity contribution in [1.29, 1.82) is 0 Å². The molecule has 1 saturated heterocycles. The van der Waals surface area contributed by atoms with E-state index in [2.05, 4.69) is 0 Å². The van der Waals surface area contributed by atoms with Gasteiger partial charge in [0.2, 0.25) is 0 Å².